The molecule has 0 radical (unpaired) electrons. The minimum atomic E-state index is 0.741. The number of aryl methyl sites for hydroxylation is 3. The summed E-state index contributed by atoms with van der Waals surface area (Å²) >= 11 is 1.98. The average molecular weight is 223 g/mol. The van der Waals surface area contributed by atoms with Crippen LogP contribution in [0.1, 0.15) is 29.2 Å². The zero-order valence-electron chi connectivity index (χ0n) is 9.12. The first-order valence-electron chi connectivity index (χ1n) is 5.44. The molecular formula is C11H17N3S. The summed E-state index contributed by atoms with van der Waals surface area (Å²) in [4.78, 5) is 9.07. The van der Waals surface area contributed by atoms with Crippen LogP contribution in [0.2, 0.25) is 0 Å². The number of thioether (sulfide) groups is 1. The van der Waals surface area contributed by atoms with E-state index in [4.69, 9.17) is 5.73 Å². The predicted octanol–water partition coefficient (Wildman–Crippen LogP) is 1.47. The minimum Gasteiger partial charge on any atom is -0.330 e. The Labute approximate surface area is 94.9 Å². The molecule has 0 aliphatic carbocycles. The Hall–Kier alpha value is -0.610. The minimum absolute atomic E-state index is 0.741. The number of nitrogens with two attached hydrogens (primary N) is 1. The lowest BCUT2D eigenvalue weighted by Gasteiger charge is -2.18. The third kappa shape index (κ3) is 2.49. The van der Waals surface area contributed by atoms with Gasteiger partial charge in [0.25, 0.3) is 0 Å². The van der Waals surface area contributed by atoms with Gasteiger partial charge in [0.15, 0.2) is 0 Å². The van der Waals surface area contributed by atoms with E-state index >= 15 is 0 Å². The fourth-order valence-corrected chi connectivity index (χ4v) is 2.93. The molecule has 0 fully saturated rings. The fourth-order valence-electron chi connectivity index (χ4n) is 1.91. The summed E-state index contributed by atoms with van der Waals surface area (Å²) in [6, 6.07) is 0. The van der Waals surface area contributed by atoms with Gasteiger partial charge in [0.1, 0.15) is 5.82 Å². The van der Waals surface area contributed by atoms with Gasteiger partial charge in [-0.25, -0.2) is 9.97 Å². The number of aromatic nitrogens is 2. The molecule has 0 atom stereocenters. The highest BCUT2D eigenvalue weighted by molar-refractivity contribution is 7.98. The number of fused-ring (bicyclic) bond motifs is 1. The van der Waals surface area contributed by atoms with Crippen molar-refractivity contribution in [1.82, 2.24) is 9.97 Å². The van der Waals surface area contributed by atoms with Crippen LogP contribution < -0.4 is 5.73 Å². The molecule has 82 valence electrons. The summed E-state index contributed by atoms with van der Waals surface area (Å²) in [6.45, 7) is 2.72. The normalized spacial score (nSPS) is 15.1. The molecule has 15 heavy (non-hydrogen) atoms. The molecule has 0 aromatic carbocycles. The van der Waals surface area contributed by atoms with Crippen molar-refractivity contribution in [1.29, 1.82) is 0 Å². The van der Waals surface area contributed by atoms with Gasteiger partial charge < -0.3 is 5.73 Å². The predicted molar refractivity (Wildman–Crippen MR) is 64.0 cm³/mol. The van der Waals surface area contributed by atoms with E-state index in [9.17, 15) is 0 Å². The highest BCUT2D eigenvalue weighted by atomic mass is 32.2. The van der Waals surface area contributed by atoms with E-state index in [1.54, 1.807) is 0 Å². The molecule has 1 aromatic heterocycles. The second-order valence-electron chi connectivity index (χ2n) is 3.84. The van der Waals surface area contributed by atoms with Gasteiger partial charge in [-0.2, -0.15) is 11.8 Å². The Morgan fingerprint density at radius 3 is 3.07 bits per heavy atom. The Bertz CT molecular complexity index is 352. The van der Waals surface area contributed by atoms with Crippen molar-refractivity contribution in [2.75, 3.05) is 12.3 Å². The SMILES string of the molecule is Cc1nc(CCCN)c2c(n1)CCSC2. The van der Waals surface area contributed by atoms with E-state index in [1.807, 2.05) is 18.7 Å². The molecule has 1 aromatic rings. The molecule has 3 nitrogen and oxygen atoms in total. The van der Waals surface area contributed by atoms with Crippen molar-refractivity contribution < 1.29 is 0 Å². The third-order valence-electron chi connectivity index (χ3n) is 2.64. The van der Waals surface area contributed by atoms with Crippen molar-refractivity contribution in [3.8, 4) is 0 Å². The van der Waals surface area contributed by atoms with Crippen molar-refractivity contribution in [2.45, 2.75) is 31.9 Å². The first-order valence-corrected chi connectivity index (χ1v) is 6.60. The van der Waals surface area contributed by atoms with Gasteiger partial charge in [0, 0.05) is 22.7 Å². The van der Waals surface area contributed by atoms with Gasteiger partial charge in [-0.15, -0.1) is 0 Å². The standard InChI is InChI=1S/C11H17N3S/c1-8-13-10(3-2-5-12)9-7-15-6-4-11(9)14-8/h2-7,12H2,1H3. The van der Waals surface area contributed by atoms with Crippen LogP contribution in [0, 0.1) is 6.92 Å². The Morgan fingerprint density at radius 2 is 2.27 bits per heavy atom. The van der Waals surface area contributed by atoms with Crippen LogP contribution in [0.25, 0.3) is 0 Å². The lowest BCUT2D eigenvalue weighted by atomic mass is 10.1. The summed E-state index contributed by atoms with van der Waals surface area (Å²) < 4.78 is 0. The molecule has 0 spiro atoms. The van der Waals surface area contributed by atoms with E-state index in [0.717, 1.165) is 37.4 Å². The zero-order chi connectivity index (χ0) is 10.7. The summed E-state index contributed by atoms with van der Waals surface area (Å²) in [7, 11) is 0. The number of nitrogens with zero attached hydrogens (tertiary/aromatic N) is 2. The maximum Gasteiger partial charge on any atom is 0.125 e. The molecule has 0 bridgehead atoms. The molecule has 1 aliphatic rings. The summed E-state index contributed by atoms with van der Waals surface area (Å²) in [6.07, 6.45) is 3.12. The molecule has 0 saturated heterocycles. The third-order valence-corrected chi connectivity index (χ3v) is 3.62. The Kier molecular flexibility index (Phi) is 3.59. The van der Waals surface area contributed by atoms with E-state index in [0.29, 0.717) is 0 Å². The summed E-state index contributed by atoms with van der Waals surface area (Å²) in [5.74, 6) is 3.18. The summed E-state index contributed by atoms with van der Waals surface area (Å²) in [5.41, 5.74) is 9.42. The Balaban J connectivity index is 2.30. The fraction of sp³-hybridized carbons (Fsp3) is 0.636. The summed E-state index contributed by atoms with van der Waals surface area (Å²) in [5, 5.41) is 0. The van der Waals surface area contributed by atoms with E-state index in [-0.39, 0.29) is 0 Å². The first kappa shape index (κ1) is 10.9. The lowest BCUT2D eigenvalue weighted by Crippen LogP contribution is -2.13. The maximum atomic E-state index is 5.54. The second-order valence-corrected chi connectivity index (χ2v) is 4.94. The van der Waals surface area contributed by atoms with Crippen LogP contribution in [0.3, 0.4) is 0 Å². The molecule has 2 rings (SSSR count). The van der Waals surface area contributed by atoms with Crippen molar-refractivity contribution >= 4 is 11.8 Å². The van der Waals surface area contributed by atoms with Crippen LogP contribution in [0.4, 0.5) is 0 Å². The highest BCUT2D eigenvalue weighted by Crippen LogP contribution is 2.25. The molecule has 2 heterocycles. The molecule has 0 saturated carbocycles. The lowest BCUT2D eigenvalue weighted by molar-refractivity contribution is 0.774. The van der Waals surface area contributed by atoms with Gasteiger partial charge in [0.05, 0.1) is 0 Å². The van der Waals surface area contributed by atoms with Crippen LogP contribution in [0.5, 0.6) is 0 Å². The van der Waals surface area contributed by atoms with Crippen molar-refractivity contribution in [2.24, 2.45) is 5.73 Å². The molecule has 4 heteroatoms. The molecule has 0 unspecified atom stereocenters. The first-order chi connectivity index (χ1) is 7.31. The molecule has 0 amide bonds. The second kappa shape index (κ2) is 4.94. The van der Waals surface area contributed by atoms with Crippen molar-refractivity contribution in [3.05, 3.63) is 22.8 Å². The van der Waals surface area contributed by atoms with E-state index in [2.05, 4.69) is 9.97 Å². The van der Waals surface area contributed by atoms with E-state index < -0.39 is 0 Å². The van der Waals surface area contributed by atoms with Crippen LogP contribution in [-0.2, 0) is 18.6 Å². The highest BCUT2D eigenvalue weighted by Gasteiger charge is 2.16. The van der Waals surface area contributed by atoms with E-state index in [1.165, 1.54) is 22.7 Å². The molecule has 1 aliphatic heterocycles. The molecule has 2 N–H and O–H groups in total. The smallest absolute Gasteiger partial charge is 0.125 e. The number of rotatable bonds is 3. The van der Waals surface area contributed by atoms with Crippen LogP contribution >= 0.6 is 11.8 Å². The van der Waals surface area contributed by atoms with Gasteiger partial charge in [-0.1, -0.05) is 0 Å². The number of hydrogen-bond donors (Lipinski definition) is 1. The maximum absolute atomic E-state index is 5.54. The molecular weight excluding hydrogens is 206 g/mol. The van der Waals surface area contributed by atoms with Gasteiger partial charge in [-0.05, 0) is 38.5 Å². The quantitative estimate of drug-likeness (QED) is 0.843. The van der Waals surface area contributed by atoms with Crippen LogP contribution in [-0.4, -0.2) is 22.3 Å². The van der Waals surface area contributed by atoms with Crippen LogP contribution in [0.15, 0.2) is 0 Å². The van der Waals surface area contributed by atoms with Gasteiger partial charge in [0.2, 0.25) is 0 Å². The van der Waals surface area contributed by atoms with Gasteiger partial charge in [-0.3, -0.25) is 0 Å². The largest absolute Gasteiger partial charge is 0.330 e. The zero-order valence-corrected chi connectivity index (χ0v) is 9.94. The number of hydrogen-bond acceptors (Lipinski definition) is 4. The average Bonchev–Trinajstić information content (AvgIpc) is 2.25. The monoisotopic (exact) mass is 223 g/mol. The van der Waals surface area contributed by atoms with Crippen molar-refractivity contribution in [3.63, 3.8) is 0 Å². The van der Waals surface area contributed by atoms with Gasteiger partial charge >= 0.3 is 0 Å². The topological polar surface area (TPSA) is 51.8 Å². The Morgan fingerprint density at radius 1 is 1.40 bits per heavy atom.